The average Bonchev–Trinajstić information content (AvgIpc) is 2.80. The molecule has 2 aromatic rings. The number of nitrogens with one attached hydrogen (secondary N) is 2. The van der Waals surface area contributed by atoms with Gasteiger partial charge in [0.1, 0.15) is 5.44 Å². The third-order valence-electron chi connectivity index (χ3n) is 2.47. The molecule has 2 N–H and O–H groups in total. The molecule has 1 aliphatic heterocycles. The Morgan fingerprint density at radius 1 is 1.47 bits per heavy atom. The summed E-state index contributed by atoms with van der Waals surface area (Å²) in [5.74, 6) is 0. The van der Waals surface area contributed by atoms with Gasteiger partial charge in [-0.25, -0.2) is 4.98 Å². The van der Waals surface area contributed by atoms with Crippen molar-refractivity contribution in [3.63, 3.8) is 0 Å². The fraction of sp³-hybridized carbons (Fsp3) is 0.364. The van der Waals surface area contributed by atoms with Crippen LogP contribution in [0.4, 0.5) is 5.13 Å². The van der Waals surface area contributed by atoms with Gasteiger partial charge in [0.25, 0.3) is 0 Å². The summed E-state index contributed by atoms with van der Waals surface area (Å²) in [5.41, 5.74) is 1.21. The van der Waals surface area contributed by atoms with Gasteiger partial charge in [-0.15, -0.1) is 0 Å². The highest BCUT2D eigenvalue weighted by atomic mass is 32.2. The number of anilines is 1. The topological polar surface area (TPSA) is 46.2 Å². The predicted molar refractivity (Wildman–Crippen MR) is 73.4 cm³/mol. The Morgan fingerprint density at radius 3 is 3.24 bits per heavy atom. The number of para-hydroxylation sites is 1. The van der Waals surface area contributed by atoms with Gasteiger partial charge in [0, 0.05) is 13.1 Å². The first-order valence-corrected chi connectivity index (χ1v) is 7.21. The van der Waals surface area contributed by atoms with Crippen LogP contribution in [0.3, 0.4) is 0 Å². The lowest BCUT2D eigenvalue weighted by atomic mass is 10.3. The van der Waals surface area contributed by atoms with Crippen molar-refractivity contribution in [2.45, 2.75) is 5.44 Å². The van der Waals surface area contributed by atoms with Crippen LogP contribution in [-0.4, -0.2) is 30.1 Å². The smallest absolute Gasteiger partial charge is 0.193 e. The van der Waals surface area contributed by atoms with Crippen molar-refractivity contribution in [2.24, 2.45) is 0 Å². The number of nitrogens with zero attached hydrogens (tertiary/aromatic N) is 1. The molecule has 1 fully saturated rings. The van der Waals surface area contributed by atoms with E-state index in [1.54, 1.807) is 23.3 Å². The van der Waals surface area contributed by atoms with Gasteiger partial charge in [0.2, 0.25) is 0 Å². The van der Waals surface area contributed by atoms with Crippen molar-refractivity contribution in [3.8, 4) is 0 Å². The molecule has 0 bridgehead atoms. The van der Waals surface area contributed by atoms with Crippen LogP contribution in [0.5, 0.6) is 0 Å². The molecule has 3 rings (SSSR count). The molecule has 1 atom stereocenters. The van der Waals surface area contributed by atoms with Crippen molar-refractivity contribution >= 4 is 38.6 Å². The molecule has 90 valence electrons. The Morgan fingerprint density at radius 2 is 2.41 bits per heavy atom. The number of hydrogen-bond donors (Lipinski definition) is 2. The number of ether oxygens (including phenoxy) is 1. The molecule has 1 aliphatic rings. The zero-order valence-corrected chi connectivity index (χ0v) is 10.8. The first-order valence-electron chi connectivity index (χ1n) is 5.51. The lowest BCUT2D eigenvalue weighted by Crippen LogP contribution is -2.37. The van der Waals surface area contributed by atoms with E-state index in [2.05, 4.69) is 21.1 Å². The predicted octanol–water partition coefficient (Wildman–Crippen LogP) is 2.30. The highest BCUT2D eigenvalue weighted by Gasteiger charge is 2.14. The molecule has 1 aromatic carbocycles. The Balaban J connectivity index is 1.64. The van der Waals surface area contributed by atoms with E-state index in [0.29, 0.717) is 0 Å². The van der Waals surface area contributed by atoms with E-state index in [-0.39, 0.29) is 5.44 Å². The van der Waals surface area contributed by atoms with Crippen LogP contribution in [0.25, 0.3) is 10.2 Å². The molecule has 6 heteroatoms. The van der Waals surface area contributed by atoms with Crippen molar-refractivity contribution in [2.75, 3.05) is 24.4 Å². The van der Waals surface area contributed by atoms with Crippen LogP contribution >= 0.6 is 23.3 Å². The lowest BCUT2D eigenvalue weighted by molar-refractivity contribution is 0.0855. The van der Waals surface area contributed by atoms with Crippen LogP contribution in [0.2, 0.25) is 0 Å². The largest absolute Gasteiger partial charge is 0.363 e. The zero-order valence-electron chi connectivity index (χ0n) is 9.18. The molecule has 1 aromatic heterocycles. The molecule has 0 amide bonds. The first kappa shape index (κ1) is 11.3. The van der Waals surface area contributed by atoms with Gasteiger partial charge in [-0.05, 0) is 24.1 Å². The monoisotopic (exact) mass is 267 g/mol. The number of fused-ring (bicyclic) bond motifs is 1. The second kappa shape index (κ2) is 5.22. The van der Waals surface area contributed by atoms with Crippen LogP contribution in [-0.2, 0) is 4.74 Å². The minimum Gasteiger partial charge on any atom is -0.363 e. The van der Waals surface area contributed by atoms with E-state index in [9.17, 15) is 0 Å². The number of thiazole rings is 1. The van der Waals surface area contributed by atoms with Gasteiger partial charge in [0.05, 0.1) is 16.8 Å². The van der Waals surface area contributed by atoms with E-state index >= 15 is 0 Å². The number of morpholine rings is 1. The molecular formula is C11H13N3OS2. The maximum Gasteiger partial charge on any atom is 0.193 e. The quantitative estimate of drug-likeness (QED) is 0.836. The molecule has 17 heavy (non-hydrogen) atoms. The summed E-state index contributed by atoms with van der Waals surface area (Å²) in [6, 6.07) is 8.15. The van der Waals surface area contributed by atoms with E-state index < -0.39 is 0 Å². The summed E-state index contributed by atoms with van der Waals surface area (Å²) in [6.45, 7) is 2.60. The molecular weight excluding hydrogens is 254 g/mol. The molecule has 1 saturated heterocycles. The van der Waals surface area contributed by atoms with Gasteiger partial charge < -0.3 is 14.8 Å². The molecule has 0 spiro atoms. The SMILES string of the molecule is c1ccc2sc(NSC3CNCCO3)nc2c1. The molecule has 4 nitrogen and oxygen atoms in total. The van der Waals surface area contributed by atoms with Crippen molar-refractivity contribution in [3.05, 3.63) is 24.3 Å². The Bertz CT molecular complexity index is 463. The molecule has 0 aliphatic carbocycles. The number of hydrogen-bond acceptors (Lipinski definition) is 6. The van der Waals surface area contributed by atoms with Gasteiger partial charge in [-0.3, -0.25) is 0 Å². The maximum absolute atomic E-state index is 5.59. The third kappa shape index (κ3) is 2.71. The number of rotatable bonds is 3. The minimum atomic E-state index is 0.163. The molecule has 0 radical (unpaired) electrons. The zero-order chi connectivity index (χ0) is 11.5. The highest BCUT2D eigenvalue weighted by Crippen LogP contribution is 2.28. The van der Waals surface area contributed by atoms with Crippen LogP contribution in [0, 0.1) is 0 Å². The Kier molecular flexibility index (Phi) is 3.46. The number of benzene rings is 1. The van der Waals surface area contributed by atoms with E-state index in [1.165, 1.54) is 4.70 Å². The second-order valence-electron chi connectivity index (χ2n) is 3.71. The van der Waals surface area contributed by atoms with Gasteiger partial charge in [0.15, 0.2) is 5.13 Å². The number of aromatic nitrogens is 1. The first-order chi connectivity index (χ1) is 8.42. The maximum atomic E-state index is 5.59. The van der Waals surface area contributed by atoms with E-state index in [1.807, 2.05) is 18.2 Å². The summed E-state index contributed by atoms with van der Waals surface area (Å²) in [7, 11) is 0. The minimum absolute atomic E-state index is 0.163. The van der Waals surface area contributed by atoms with E-state index in [0.717, 1.165) is 30.3 Å². The van der Waals surface area contributed by atoms with Crippen LogP contribution in [0.15, 0.2) is 24.3 Å². The summed E-state index contributed by atoms with van der Waals surface area (Å²) in [5, 5.41) is 4.23. The summed E-state index contributed by atoms with van der Waals surface area (Å²) >= 11 is 3.25. The van der Waals surface area contributed by atoms with Gasteiger partial charge in [-0.1, -0.05) is 23.5 Å². The fourth-order valence-electron chi connectivity index (χ4n) is 1.65. The summed E-state index contributed by atoms with van der Waals surface area (Å²) in [4.78, 5) is 4.51. The fourth-order valence-corrected chi connectivity index (χ4v) is 3.32. The van der Waals surface area contributed by atoms with Crippen molar-refractivity contribution < 1.29 is 4.74 Å². The second-order valence-corrected chi connectivity index (χ2v) is 5.71. The Labute approximate surface area is 108 Å². The Hall–Kier alpha value is -0.820. The molecule has 0 saturated carbocycles. The van der Waals surface area contributed by atoms with Crippen LogP contribution in [0.1, 0.15) is 0 Å². The average molecular weight is 267 g/mol. The lowest BCUT2D eigenvalue weighted by Gasteiger charge is -2.22. The van der Waals surface area contributed by atoms with Crippen molar-refractivity contribution in [1.82, 2.24) is 10.3 Å². The van der Waals surface area contributed by atoms with Gasteiger partial charge >= 0.3 is 0 Å². The molecule has 1 unspecified atom stereocenters. The van der Waals surface area contributed by atoms with Crippen LogP contribution < -0.4 is 10.0 Å². The molecule has 2 heterocycles. The highest BCUT2D eigenvalue weighted by molar-refractivity contribution is 8.01. The normalized spacial score (nSPS) is 20.6. The van der Waals surface area contributed by atoms with E-state index in [4.69, 9.17) is 4.74 Å². The third-order valence-corrected chi connectivity index (χ3v) is 4.42. The van der Waals surface area contributed by atoms with Gasteiger partial charge in [-0.2, -0.15) is 0 Å². The summed E-state index contributed by atoms with van der Waals surface area (Å²) in [6.07, 6.45) is 0. The summed E-state index contributed by atoms with van der Waals surface area (Å²) < 4.78 is 10.1. The standard InChI is InChI=1S/C11H13N3OS2/c1-2-4-9-8(3-1)13-11(16-9)14-17-10-7-12-5-6-15-10/h1-4,10,12H,5-7H2,(H,13,14). The van der Waals surface area contributed by atoms with Crippen molar-refractivity contribution in [1.29, 1.82) is 0 Å².